The molecule has 7 nitrogen and oxygen atoms in total. The summed E-state index contributed by atoms with van der Waals surface area (Å²) in [5, 5.41) is 2.21. The fourth-order valence-electron chi connectivity index (χ4n) is 2.74. The second-order valence-electron chi connectivity index (χ2n) is 6.23. The maximum atomic E-state index is 14.6. The molecule has 2 heterocycles. The number of aromatic nitrogens is 1. The molecule has 160 valence electrons. The van der Waals surface area contributed by atoms with Crippen LogP contribution in [0, 0.1) is 17.5 Å². The van der Waals surface area contributed by atoms with Crippen LogP contribution < -0.4 is 14.8 Å². The van der Waals surface area contributed by atoms with E-state index in [4.69, 9.17) is 16.3 Å². The number of halogens is 4. The van der Waals surface area contributed by atoms with Crippen LogP contribution in [0.3, 0.4) is 0 Å². The van der Waals surface area contributed by atoms with Crippen molar-refractivity contribution in [2.45, 2.75) is 11.4 Å². The zero-order chi connectivity index (χ0) is 22.2. The quantitative estimate of drug-likeness (QED) is 0.598. The average Bonchev–Trinajstić information content (AvgIpc) is 2.72. The highest BCUT2D eigenvalue weighted by Gasteiger charge is 2.31. The smallest absolute Gasteiger partial charge is 0.266 e. The molecule has 0 amide bonds. The molecule has 2 N–H and O–H groups in total. The number of hydrogen-bond donors (Lipinski definition) is 2. The summed E-state index contributed by atoms with van der Waals surface area (Å²) < 4.78 is 74.8. The summed E-state index contributed by atoms with van der Waals surface area (Å²) in [5.74, 6) is -3.42. The molecular formula is C19H12ClF3N4O3S. The number of aliphatic imine (C=N–C) groups is 1. The highest BCUT2D eigenvalue weighted by Crippen LogP contribution is 2.41. The molecule has 1 aliphatic heterocycles. The van der Waals surface area contributed by atoms with Gasteiger partial charge in [-0.05, 0) is 36.4 Å². The fraction of sp³-hybridized carbons (Fsp3) is 0.0526. The molecule has 0 radical (unpaired) electrons. The second kappa shape index (κ2) is 8.08. The van der Waals surface area contributed by atoms with Crippen LogP contribution in [0.5, 0.6) is 11.5 Å². The van der Waals surface area contributed by atoms with E-state index >= 15 is 0 Å². The third-order valence-corrected chi connectivity index (χ3v) is 5.93. The molecule has 1 aromatic heterocycles. The summed E-state index contributed by atoms with van der Waals surface area (Å²) in [5.41, 5.74) is -0.302. The molecule has 4 rings (SSSR count). The molecule has 0 atom stereocenters. The summed E-state index contributed by atoms with van der Waals surface area (Å²) in [7, 11) is -4.17. The summed E-state index contributed by atoms with van der Waals surface area (Å²) in [6.07, 6.45) is 1.36. The minimum absolute atomic E-state index is 0.0240. The molecule has 0 unspecified atom stereocenters. The van der Waals surface area contributed by atoms with E-state index in [0.717, 1.165) is 18.2 Å². The molecule has 0 fully saturated rings. The number of anilines is 1. The maximum Gasteiger partial charge on any atom is 0.266 e. The normalized spacial score (nSPS) is 15.7. The monoisotopic (exact) mass is 468 g/mol. The van der Waals surface area contributed by atoms with Crippen LogP contribution >= 0.6 is 11.6 Å². The van der Waals surface area contributed by atoms with Gasteiger partial charge in [-0.1, -0.05) is 17.7 Å². The number of nitrogens with zero attached hydrogens (tertiary/aromatic N) is 2. The lowest BCUT2D eigenvalue weighted by Crippen LogP contribution is -2.41. The molecule has 3 aromatic rings. The highest BCUT2D eigenvalue weighted by molar-refractivity contribution is 7.90. The maximum absolute atomic E-state index is 14.6. The van der Waals surface area contributed by atoms with Crippen LogP contribution in [0.1, 0.15) is 5.69 Å². The van der Waals surface area contributed by atoms with E-state index in [1.165, 1.54) is 30.5 Å². The van der Waals surface area contributed by atoms with E-state index < -0.39 is 38.2 Å². The molecule has 2 aromatic carbocycles. The van der Waals surface area contributed by atoms with E-state index in [1.54, 1.807) is 0 Å². The van der Waals surface area contributed by atoms with Gasteiger partial charge in [0, 0.05) is 6.20 Å². The van der Waals surface area contributed by atoms with Crippen molar-refractivity contribution >= 4 is 33.3 Å². The first-order chi connectivity index (χ1) is 14.8. The molecular weight excluding hydrogens is 457 g/mol. The predicted molar refractivity (Wildman–Crippen MR) is 107 cm³/mol. The lowest BCUT2D eigenvalue weighted by molar-refractivity contribution is 0.439. The zero-order valence-electron chi connectivity index (χ0n) is 15.4. The molecule has 0 bridgehead atoms. The highest BCUT2D eigenvalue weighted by atomic mass is 35.5. The van der Waals surface area contributed by atoms with Crippen molar-refractivity contribution in [3.8, 4) is 11.5 Å². The number of fused-ring (bicyclic) bond motifs is 1. The van der Waals surface area contributed by atoms with E-state index in [0.29, 0.717) is 0 Å². The Hall–Kier alpha value is -3.31. The number of benzene rings is 2. The minimum atomic E-state index is -4.17. The van der Waals surface area contributed by atoms with Crippen LogP contribution in [-0.4, -0.2) is 19.4 Å². The van der Waals surface area contributed by atoms with Crippen LogP contribution in [0.4, 0.5) is 18.9 Å². The van der Waals surface area contributed by atoms with Gasteiger partial charge in [-0.2, -0.15) is 0 Å². The molecule has 31 heavy (non-hydrogen) atoms. The SMILES string of the molecule is O=S1(=O)NC(=NCc2ncccc2F)Nc2c1ccc(F)c2Oc1cccc(F)c1Cl. The largest absolute Gasteiger partial charge is 0.450 e. The van der Waals surface area contributed by atoms with Gasteiger partial charge in [0.25, 0.3) is 10.0 Å². The first kappa shape index (κ1) is 20.9. The number of pyridine rings is 1. The van der Waals surface area contributed by atoms with Gasteiger partial charge in [0.1, 0.15) is 33.0 Å². The Morgan fingerprint density at radius 1 is 1.03 bits per heavy atom. The van der Waals surface area contributed by atoms with Gasteiger partial charge in [0.05, 0.1) is 12.2 Å². The van der Waals surface area contributed by atoms with Crippen LogP contribution in [-0.2, 0) is 16.6 Å². The topological polar surface area (TPSA) is 92.7 Å². The number of guanidine groups is 1. The summed E-state index contributed by atoms with van der Waals surface area (Å²) >= 11 is 5.86. The van der Waals surface area contributed by atoms with Crippen LogP contribution in [0.2, 0.25) is 5.02 Å². The Morgan fingerprint density at radius 2 is 1.81 bits per heavy atom. The Morgan fingerprint density at radius 3 is 2.58 bits per heavy atom. The van der Waals surface area contributed by atoms with E-state index in [1.807, 2.05) is 0 Å². The lowest BCUT2D eigenvalue weighted by Gasteiger charge is -2.24. The van der Waals surface area contributed by atoms with Gasteiger partial charge >= 0.3 is 0 Å². The second-order valence-corrected chi connectivity index (χ2v) is 8.26. The first-order valence-corrected chi connectivity index (χ1v) is 10.5. The van der Waals surface area contributed by atoms with Crippen molar-refractivity contribution in [1.82, 2.24) is 9.71 Å². The standard InChI is InChI=1S/C19H12ClF3N4O3S/c20-16-11(22)3-1-5-14(16)30-18-12(23)6-7-15-17(18)26-19(27-31(15,28)29)25-9-13-10(21)4-2-8-24-13/h1-8H,9H2,(H2,25,26,27). The van der Waals surface area contributed by atoms with E-state index in [9.17, 15) is 21.6 Å². The summed E-state index contributed by atoms with van der Waals surface area (Å²) in [4.78, 5) is 7.46. The van der Waals surface area contributed by atoms with Gasteiger partial charge < -0.3 is 10.1 Å². The number of ether oxygens (including phenoxy) is 1. The van der Waals surface area contributed by atoms with Gasteiger partial charge in [-0.25, -0.2) is 31.3 Å². The average molecular weight is 469 g/mol. The van der Waals surface area contributed by atoms with E-state index in [2.05, 4.69) is 20.0 Å². The molecule has 1 aliphatic rings. The third-order valence-electron chi connectivity index (χ3n) is 4.19. The molecule has 0 aliphatic carbocycles. The Labute approximate surface area is 179 Å². The zero-order valence-corrected chi connectivity index (χ0v) is 16.9. The summed E-state index contributed by atoms with van der Waals surface area (Å²) in [6, 6.07) is 8.15. The van der Waals surface area contributed by atoms with Crippen molar-refractivity contribution in [3.05, 3.63) is 76.8 Å². The van der Waals surface area contributed by atoms with Crippen molar-refractivity contribution < 1.29 is 26.3 Å². The van der Waals surface area contributed by atoms with E-state index in [-0.39, 0.29) is 34.5 Å². The Bertz CT molecular complexity index is 1320. The van der Waals surface area contributed by atoms with Crippen molar-refractivity contribution in [1.29, 1.82) is 0 Å². The van der Waals surface area contributed by atoms with Gasteiger partial charge in [0.15, 0.2) is 11.6 Å². The minimum Gasteiger partial charge on any atom is -0.450 e. The van der Waals surface area contributed by atoms with Crippen molar-refractivity contribution in [3.63, 3.8) is 0 Å². The molecule has 0 saturated heterocycles. The summed E-state index contributed by atoms with van der Waals surface area (Å²) in [6.45, 7) is -0.298. The van der Waals surface area contributed by atoms with Gasteiger partial charge in [-0.3, -0.25) is 4.98 Å². The lowest BCUT2D eigenvalue weighted by atomic mass is 10.2. The fourth-order valence-corrected chi connectivity index (χ4v) is 4.04. The van der Waals surface area contributed by atoms with Crippen LogP contribution in [0.25, 0.3) is 0 Å². The van der Waals surface area contributed by atoms with Gasteiger partial charge in [-0.15, -0.1) is 0 Å². The molecule has 0 saturated carbocycles. The predicted octanol–water partition coefficient (Wildman–Crippen LogP) is 4.20. The Kier molecular flexibility index (Phi) is 5.46. The van der Waals surface area contributed by atoms with Crippen LogP contribution in [0.15, 0.2) is 58.5 Å². The first-order valence-electron chi connectivity index (χ1n) is 8.64. The molecule has 0 spiro atoms. The molecule has 12 heteroatoms. The van der Waals surface area contributed by atoms with Gasteiger partial charge in [0.2, 0.25) is 5.96 Å². The number of hydrogen-bond acceptors (Lipinski definition) is 5. The number of sulfonamides is 1. The van der Waals surface area contributed by atoms with Crippen molar-refractivity contribution in [2.75, 3.05) is 5.32 Å². The number of nitrogens with one attached hydrogen (secondary N) is 2. The van der Waals surface area contributed by atoms with Crippen molar-refractivity contribution in [2.24, 2.45) is 4.99 Å². The number of rotatable bonds is 4. The Balaban J connectivity index is 1.74. The third kappa shape index (κ3) is 4.14.